The van der Waals surface area contributed by atoms with E-state index in [2.05, 4.69) is 9.97 Å². The van der Waals surface area contributed by atoms with Gasteiger partial charge >= 0.3 is 0 Å². The van der Waals surface area contributed by atoms with Gasteiger partial charge < -0.3 is 14.6 Å². The number of H-pyrrole nitrogens is 1. The van der Waals surface area contributed by atoms with Gasteiger partial charge in [0.15, 0.2) is 0 Å². The second-order valence-electron chi connectivity index (χ2n) is 4.89. The summed E-state index contributed by atoms with van der Waals surface area (Å²) in [5.74, 6) is -0.215. The summed E-state index contributed by atoms with van der Waals surface area (Å²) in [6.45, 7) is 5.43. The number of ether oxygens (including phenoxy) is 1. The molecule has 96 valence electrons. The molecule has 1 fully saturated rings. The fraction of sp³-hybridized carbons (Fsp3) is 0.462. The van der Waals surface area contributed by atoms with E-state index in [1.165, 1.54) is 6.07 Å². The van der Waals surface area contributed by atoms with Crippen LogP contribution in [-0.4, -0.2) is 35.3 Å². The fourth-order valence-electron chi connectivity index (χ4n) is 2.56. The lowest BCUT2D eigenvalue weighted by Gasteiger charge is -2.36. The highest BCUT2D eigenvalue weighted by Gasteiger charge is 2.24. The van der Waals surface area contributed by atoms with Crippen LogP contribution in [0.25, 0.3) is 11.0 Å². The number of aromatic amines is 1. The monoisotopic (exact) mass is 249 g/mol. The molecule has 0 radical (unpaired) electrons. The lowest BCUT2D eigenvalue weighted by atomic mass is 10.2. The van der Waals surface area contributed by atoms with E-state index in [1.807, 2.05) is 18.7 Å². The zero-order valence-electron chi connectivity index (χ0n) is 10.5. The molecule has 1 aromatic carbocycles. The summed E-state index contributed by atoms with van der Waals surface area (Å²) in [4.78, 5) is 9.12. The Balaban J connectivity index is 1.99. The molecule has 2 atom stereocenters. The molecule has 4 nitrogen and oxygen atoms in total. The smallest absolute Gasteiger partial charge is 0.148 e. The highest BCUT2D eigenvalue weighted by Crippen LogP contribution is 2.26. The Morgan fingerprint density at radius 2 is 2.06 bits per heavy atom. The van der Waals surface area contributed by atoms with E-state index in [9.17, 15) is 4.39 Å². The predicted octanol–water partition coefficient (Wildman–Crippen LogP) is 2.32. The Kier molecular flexibility index (Phi) is 2.70. The Bertz CT molecular complexity index is 558. The minimum atomic E-state index is -0.215. The van der Waals surface area contributed by atoms with E-state index in [1.54, 1.807) is 12.4 Å². The minimum absolute atomic E-state index is 0.114. The van der Waals surface area contributed by atoms with Gasteiger partial charge in [0.1, 0.15) is 5.82 Å². The number of nitrogens with one attached hydrogen (secondary N) is 1. The highest BCUT2D eigenvalue weighted by molar-refractivity contribution is 5.79. The molecule has 1 aromatic heterocycles. The second-order valence-corrected chi connectivity index (χ2v) is 4.89. The molecule has 3 rings (SSSR count). The lowest BCUT2D eigenvalue weighted by Crippen LogP contribution is -2.45. The van der Waals surface area contributed by atoms with Crippen LogP contribution >= 0.6 is 0 Å². The standard InChI is InChI=1S/C13H16FN3O/c1-8-5-17(6-9(2)18-8)13-4-12-11(3-10(13)14)15-7-16-12/h3-4,7-9H,5-6H2,1-2H3,(H,15,16)/t8-,9+. The van der Waals surface area contributed by atoms with Gasteiger partial charge in [-0.1, -0.05) is 0 Å². The van der Waals surface area contributed by atoms with Crippen molar-refractivity contribution in [2.75, 3.05) is 18.0 Å². The van der Waals surface area contributed by atoms with Gasteiger partial charge in [-0.3, -0.25) is 0 Å². The van der Waals surface area contributed by atoms with E-state index in [4.69, 9.17) is 4.74 Å². The summed E-state index contributed by atoms with van der Waals surface area (Å²) in [6, 6.07) is 3.30. The van der Waals surface area contributed by atoms with Crippen LogP contribution in [0.1, 0.15) is 13.8 Å². The van der Waals surface area contributed by atoms with Crippen LogP contribution in [0.2, 0.25) is 0 Å². The lowest BCUT2D eigenvalue weighted by molar-refractivity contribution is -0.00538. The molecule has 5 heteroatoms. The van der Waals surface area contributed by atoms with Gasteiger partial charge in [-0.2, -0.15) is 0 Å². The van der Waals surface area contributed by atoms with Crippen LogP contribution in [0.4, 0.5) is 10.1 Å². The van der Waals surface area contributed by atoms with E-state index in [0.29, 0.717) is 18.8 Å². The molecule has 1 N–H and O–H groups in total. The maximum Gasteiger partial charge on any atom is 0.148 e. The molecule has 2 heterocycles. The number of imidazole rings is 1. The maximum atomic E-state index is 14.1. The molecule has 0 bridgehead atoms. The quantitative estimate of drug-likeness (QED) is 0.843. The van der Waals surface area contributed by atoms with Gasteiger partial charge in [0, 0.05) is 19.2 Å². The Labute approximate surface area is 105 Å². The molecule has 1 aliphatic heterocycles. The summed E-state index contributed by atoms with van der Waals surface area (Å²) >= 11 is 0. The van der Waals surface area contributed by atoms with Crippen molar-refractivity contribution in [1.82, 2.24) is 9.97 Å². The van der Waals surface area contributed by atoms with Crippen LogP contribution in [0.3, 0.4) is 0 Å². The number of nitrogens with zero attached hydrogens (tertiary/aromatic N) is 2. The number of rotatable bonds is 1. The van der Waals surface area contributed by atoms with Gasteiger partial charge in [0.2, 0.25) is 0 Å². The molecule has 0 unspecified atom stereocenters. The van der Waals surface area contributed by atoms with Gasteiger partial charge in [-0.15, -0.1) is 0 Å². The van der Waals surface area contributed by atoms with Crippen molar-refractivity contribution in [3.63, 3.8) is 0 Å². The zero-order chi connectivity index (χ0) is 12.7. The number of anilines is 1. The minimum Gasteiger partial charge on any atom is -0.372 e. The number of fused-ring (bicyclic) bond motifs is 1. The normalized spacial score (nSPS) is 24.7. The third-order valence-electron chi connectivity index (χ3n) is 3.25. The van der Waals surface area contributed by atoms with Crippen molar-refractivity contribution in [3.05, 3.63) is 24.3 Å². The average Bonchev–Trinajstić information content (AvgIpc) is 2.73. The van der Waals surface area contributed by atoms with Crippen LogP contribution in [0, 0.1) is 5.82 Å². The number of aromatic nitrogens is 2. The Morgan fingerprint density at radius 3 is 2.78 bits per heavy atom. The Morgan fingerprint density at radius 1 is 1.33 bits per heavy atom. The van der Waals surface area contributed by atoms with Crippen LogP contribution in [0.5, 0.6) is 0 Å². The molecule has 1 saturated heterocycles. The first-order chi connectivity index (χ1) is 8.63. The maximum absolute atomic E-state index is 14.1. The molecule has 0 aliphatic carbocycles. The van der Waals surface area contributed by atoms with Gasteiger partial charge in [-0.25, -0.2) is 9.37 Å². The first-order valence-corrected chi connectivity index (χ1v) is 6.16. The molecule has 18 heavy (non-hydrogen) atoms. The van der Waals surface area contributed by atoms with Crippen molar-refractivity contribution in [2.45, 2.75) is 26.1 Å². The molecule has 0 amide bonds. The van der Waals surface area contributed by atoms with Crippen molar-refractivity contribution >= 4 is 16.7 Å². The second kappa shape index (κ2) is 4.24. The van der Waals surface area contributed by atoms with E-state index < -0.39 is 0 Å². The van der Waals surface area contributed by atoms with E-state index in [-0.39, 0.29) is 18.0 Å². The van der Waals surface area contributed by atoms with Crippen molar-refractivity contribution in [2.24, 2.45) is 0 Å². The number of hydrogen-bond donors (Lipinski definition) is 1. The van der Waals surface area contributed by atoms with Crippen molar-refractivity contribution in [1.29, 1.82) is 0 Å². The van der Waals surface area contributed by atoms with Gasteiger partial charge in [-0.05, 0) is 19.9 Å². The van der Waals surface area contributed by atoms with Crippen molar-refractivity contribution < 1.29 is 9.13 Å². The third-order valence-corrected chi connectivity index (χ3v) is 3.25. The SMILES string of the molecule is C[C@@H]1CN(c2cc3nc[nH]c3cc2F)C[C@H](C)O1. The summed E-state index contributed by atoms with van der Waals surface area (Å²) < 4.78 is 19.8. The summed E-state index contributed by atoms with van der Waals surface area (Å²) in [6.07, 6.45) is 1.81. The summed E-state index contributed by atoms with van der Waals surface area (Å²) in [7, 11) is 0. The molecule has 0 spiro atoms. The summed E-state index contributed by atoms with van der Waals surface area (Å²) in [5, 5.41) is 0. The number of halogens is 1. The molecule has 1 aliphatic rings. The topological polar surface area (TPSA) is 41.2 Å². The molecule has 2 aromatic rings. The summed E-state index contributed by atoms with van der Waals surface area (Å²) in [5.41, 5.74) is 2.13. The third kappa shape index (κ3) is 1.95. The number of morpholine rings is 1. The van der Waals surface area contributed by atoms with Crippen LogP contribution < -0.4 is 4.90 Å². The highest BCUT2D eigenvalue weighted by atomic mass is 19.1. The van der Waals surface area contributed by atoms with E-state index >= 15 is 0 Å². The molecular weight excluding hydrogens is 233 g/mol. The average molecular weight is 249 g/mol. The van der Waals surface area contributed by atoms with Crippen LogP contribution in [-0.2, 0) is 4.74 Å². The molecule has 0 saturated carbocycles. The number of benzene rings is 1. The van der Waals surface area contributed by atoms with E-state index in [0.717, 1.165) is 11.0 Å². The van der Waals surface area contributed by atoms with Crippen molar-refractivity contribution in [3.8, 4) is 0 Å². The van der Waals surface area contributed by atoms with Crippen LogP contribution in [0.15, 0.2) is 18.5 Å². The fourth-order valence-corrected chi connectivity index (χ4v) is 2.56. The number of hydrogen-bond acceptors (Lipinski definition) is 3. The predicted molar refractivity (Wildman–Crippen MR) is 68.3 cm³/mol. The Hall–Kier alpha value is -1.62. The first kappa shape index (κ1) is 11.5. The van der Waals surface area contributed by atoms with Gasteiger partial charge in [0.05, 0.1) is 35.3 Å². The molecular formula is C13H16FN3O. The zero-order valence-corrected chi connectivity index (χ0v) is 10.5. The van der Waals surface area contributed by atoms with Gasteiger partial charge in [0.25, 0.3) is 0 Å². The largest absolute Gasteiger partial charge is 0.372 e. The first-order valence-electron chi connectivity index (χ1n) is 6.16.